The first-order chi connectivity index (χ1) is 9.86. The van der Waals surface area contributed by atoms with E-state index < -0.39 is 30.8 Å². The molecule has 0 aromatic carbocycles. The maximum absolute atomic E-state index is 12.4. The molecule has 0 unspecified atom stereocenters. The van der Waals surface area contributed by atoms with Crippen LogP contribution in [0.25, 0.3) is 0 Å². The van der Waals surface area contributed by atoms with Crippen molar-refractivity contribution in [1.82, 2.24) is 9.79 Å². The summed E-state index contributed by atoms with van der Waals surface area (Å²) < 4.78 is 23.4. The fourth-order valence-corrected chi connectivity index (χ4v) is 4.15. The summed E-state index contributed by atoms with van der Waals surface area (Å²) in [6.07, 6.45) is 2.59. The Morgan fingerprint density at radius 3 is 2.52 bits per heavy atom. The van der Waals surface area contributed by atoms with Gasteiger partial charge in [-0.3, -0.25) is 14.9 Å². The zero-order chi connectivity index (χ0) is 15.6. The molecular weight excluding hydrogens is 322 g/mol. The first-order valence-corrected chi connectivity index (χ1v) is 8.40. The van der Waals surface area contributed by atoms with Crippen LogP contribution in [-0.4, -0.2) is 42.4 Å². The molecule has 2 rings (SSSR count). The summed E-state index contributed by atoms with van der Waals surface area (Å²) >= 11 is 0.491. The van der Waals surface area contributed by atoms with Crippen molar-refractivity contribution in [3.8, 4) is 0 Å². The van der Waals surface area contributed by atoms with Gasteiger partial charge in [0.2, 0.25) is 0 Å². The molecule has 1 amide bonds. The molecule has 0 radical (unpaired) electrons. The van der Waals surface area contributed by atoms with Gasteiger partial charge in [0.05, 0.1) is 4.92 Å². The lowest BCUT2D eigenvalue weighted by Crippen LogP contribution is -2.36. The number of rotatable bonds is 4. The van der Waals surface area contributed by atoms with Gasteiger partial charge in [0.15, 0.2) is 0 Å². The van der Waals surface area contributed by atoms with E-state index in [2.05, 4.69) is 0 Å². The van der Waals surface area contributed by atoms with E-state index in [1.54, 1.807) is 0 Å². The summed E-state index contributed by atoms with van der Waals surface area (Å²) in [5.74, 6) is -0.568. The Hall–Kier alpha value is -1.56. The van der Waals surface area contributed by atoms with Crippen LogP contribution in [0.2, 0.25) is 0 Å². The highest BCUT2D eigenvalue weighted by Crippen LogP contribution is 2.33. The molecule has 21 heavy (non-hydrogen) atoms. The molecule has 1 aromatic rings. The molecule has 1 saturated heterocycles. The molecule has 1 fully saturated rings. The Morgan fingerprint density at radius 1 is 1.38 bits per heavy atom. The minimum atomic E-state index is -4.36. The highest BCUT2D eigenvalue weighted by molar-refractivity contribution is 7.89. The van der Waals surface area contributed by atoms with Gasteiger partial charge >= 0.3 is 5.00 Å². The Morgan fingerprint density at radius 2 is 2.00 bits per heavy atom. The van der Waals surface area contributed by atoms with E-state index in [9.17, 15) is 23.3 Å². The fourth-order valence-electron chi connectivity index (χ4n) is 2.09. The summed E-state index contributed by atoms with van der Waals surface area (Å²) in [5.41, 5.74) is 0. The Kier molecular flexibility index (Phi) is 4.56. The van der Waals surface area contributed by atoms with E-state index in [-0.39, 0.29) is 4.88 Å². The molecule has 2 N–H and O–H groups in total. The predicted molar refractivity (Wildman–Crippen MR) is 72.8 cm³/mol. The number of hydrogen-bond donors (Lipinski definition) is 2. The van der Waals surface area contributed by atoms with Crippen LogP contribution in [0, 0.1) is 10.1 Å². The average molecular weight is 335 g/mol. The molecule has 2 heterocycles. The van der Waals surface area contributed by atoms with Crippen molar-refractivity contribution in [3.05, 3.63) is 21.1 Å². The summed E-state index contributed by atoms with van der Waals surface area (Å²) in [6.45, 7) is 0.965. The van der Waals surface area contributed by atoms with Gasteiger partial charge in [0.25, 0.3) is 15.9 Å². The number of nitrogens with one attached hydrogen (secondary N) is 1. The predicted octanol–water partition coefficient (Wildman–Crippen LogP) is 0.950. The van der Waals surface area contributed by atoms with Crippen LogP contribution < -0.4 is 4.89 Å². The number of amides is 1. The van der Waals surface area contributed by atoms with Crippen LogP contribution >= 0.6 is 11.3 Å². The van der Waals surface area contributed by atoms with Gasteiger partial charge in [-0.2, -0.15) is 0 Å². The first kappa shape index (κ1) is 15.8. The molecule has 1 aliphatic heterocycles. The van der Waals surface area contributed by atoms with E-state index in [1.165, 1.54) is 4.90 Å². The van der Waals surface area contributed by atoms with Gasteiger partial charge in [-0.15, -0.1) is 0 Å². The molecule has 0 saturated carbocycles. The monoisotopic (exact) mass is 335 g/mol. The first-order valence-electron chi connectivity index (χ1n) is 6.10. The summed E-state index contributed by atoms with van der Waals surface area (Å²) in [5, 5.41) is 19.0. The number of thiophene rings is 1. The molecule has 116 valence electrons. The Bertz CT molecular complexity index is 662. The summed E-state index contributed by atoms with van der Waals surface area (Å²) in [7, 11) is -4.36. The zero-order valence-electron chi connectivity index (χ0n) is 10.8. The molecule has 1 aliphatic rings. The normalized spacial score (nSPS) is 16.0. The molecular formula is C10H13N3O6S2. The molecule has 0 aliphatic carbocycles. The van der Waals surface area contributed by atoms with Crippen LogP contribution in [0.15, 0.2) is 11.0 Å². The van der Waals surface area contributed by atoms with Crippen LogP contribution in [0.4, 0.5) is 5.00 Å². The quantitative estimate of drug-likeness (QED) is 0.622. The van der Waals surface area contributed by atoms with Gasteiger partial charge in [-0.1, -0.05) is 16.2 Å². The van der Waals surface area contributed by atoms with Crippen molar-refractivity contribution < 1.29 is 23.3 Å². The fraction of sp³-hybridized carbons (Fsp3) is 0.500. The number of nitro groups is 1. The minimum Gasteiger partial charge on any atom is -0.338 e. The lowest BCUT2D eigenvalue weighted by atomic mass is 10.1. The third-order valence-corrected chi connectivity index (χ3v) is 5.46. The van der Waals surface area contributed by atoms with E-state index in [1.807, 2.05) is 0 Å². The second kappa shape index (κ2) is 6.05. The molecule has 1 aromatic heterocycles. The van der Waals surface area contributed by atoms with Crippen molar-refractivity contribution in [2.45, 2.75) is 24.2 Å². The number of sulfonamides is 1. The van der Waals surface area contributed by atoms with Crippen LogP contribution in [-0.2, 0) is 10.0 Å². The van der Waals surface area contributed by atoms with Crippen molar-refractivity contribution in [1.29, 1.82) is 0 Å². The largest absolute Gasteiger partial charge is 0.338 e. The highest BCUT2D eigenvalue weighted by atomic mass is 32.2. The number of hydrogen-bond acceptors (Lipinski definition) is 7. The lowest BCUT2D eigenvalue weighted by molar-refractivity contribution is -0.380. The zero-order valence-corrected chi connectivity index (χ0v) is 12.4. The van der Waals surface area contributed by atoms with Crippen LogP contribution in [0.3, 0.4) is 0 Å². The SMILES string of the molecule is O=C(c1sc([N+](=O)[O-])cc1S(=O)(=O)NO)N1CCCCC1. The third kappa shape index (κ3) is 3.20. The molecule has 9 nitrogen and oxygen atoms in total. The van der Waals surface area contributed by atoms with Crippen molar-refractivity contribution in [2.75, 3.05) is 13.1 Å². The van der Waals surface area contributed by atoms with E-state index in [4.69, 9.17) is 5.21 Å². The van der Waals surface area contributed by atoms with Gasteiger partial charge in [0, 0.05) is 19.2 Å². The van der Waals surface area contributed by atoms with Gasteiger partial charge < -0.3 is 10.1 Å². The lowest BCUT2D eigenvalue weighted by Gasteiger charge is -2.26. The number of carbonyl (C=O) groups is 1. The van der Waals surface area contributed by atoms with Crippen molar-refractivity contribution in [2.24, 2.45) is 0 Å². The van der Waals surface area contributed by atoms with Gasteiger partial charge in [-0.25, -0.2) is 8.42 Å². The van der Waals surface area contributed by atoms with Gasteiger partial charge in [-0.05, 0) is 19.3 Å². The standard InChI is InChI=1S/C10H13N3O6S2/c14-10(12-4-2-1-3-5-12)9-7(21(18,19)11-15)6-8(20-9)13(16)17/h6,11,15H,1-5H2. The minimum absolute atomic E-state index is 0.259. The second-order valence-electron chi connectivity index (χ2n) is 4.48. The molecule has 11 heteroatoms. The number of carbonyl (C=O) groups excluding carboxylic acids is 1. The maximum Gasteiger partial charge on any atom is 0.326 e. The molecule has 0 spiro atoms. The topological polar surface area (TPSA) is 130 Å². The van der Waals surface area contributed by atoms with E-state index in [0.717, 1.165) is 30.2 Å². The van der Waals surface area contributed by atoms with Crippen molar-refractivity contribution in [3.63, 3.8) is 0 Å². The Labute approximate surface area is 124 Å². The number of likely N-dealkylation sites (tertiary alicyclic amines) is 1. The highest BCUT2D eigenvalue weighted by Gasteiger charge is 2.32. The third-order valence-electron chi connectivity index (χ3n) is 3.11. The van der Waals surface area contributed by atoms with Crippen LogP contribution in [0.5, 0.6) is 0 Å². The van der Waals surface area contributed by atoms with Crippen LogP contribution in [0.1, 0.15) is 28.9 Å². The molecule has 0 atom stereocenters. The van der Waals surface area contributed by atoms with Crippen molar-refractivity contribution >= 4 is 32.3 Å². The smallest absolute Gasteiger partial charge is 0.326 e. The average Bonchev–Trinajstić information content (AvgIpc) is 2.93. The summed E-state index contributed by atoms with van der Waals surface area (Å²) in [6, 6.07) is 0.778. The summed E-state index contributed by atoms with van der Waals surface area (Å²) in [4.78, 5) is 24.1. The van der Waals surface area contributed by atoms with Gasteiger partial charge in [0.1, 0.15) is 9.77 Å². The Balaban J connectivity index is 2.45. The molecule has 0 bridgehead atoms. The maximum atomic E-state index is 12.4. The van der Waals surface area contributed by atoms with E-state index >= 15 is 0 Å². The van der Waals surface area contributed by atoms with E-state index in [0.29, 0.717) is 24.4 Å². The number of piperidine rings is 1. The second-order valence-corrected chi connectivity index (χ2v) is 7.14. The number of nitrogens with zero attached hydrogens (tertiary/aromatic N) is 2.